The van der Waals surface area contributed by atoms with Crippen molar-refractivity contribution in [3.8, 4) is 0 Å². The Hall–Kier alpha value is -0.280. The van der Waals surface area contributed by atoms with Crippen molar-refractivity contribution in [2.24, 2.45) is 0 Å². The van der Waals surface area contributed by atoms with Gasteiger partial charge in [-0.25, -0.2) is 0 Å². The molecule has 2 nitrogen and oxygen atoms in total. The largest absolute Gasteiger partial charge is 0.311 e. The first-order valence-electron chi connectivity index (χ1n) is 7.74. The average molecular weight is 333 g/mol. The summed E-state index contributed by atoms with van der Waals surface area (Å²) in [5.74, 6) is 0.624. The summed E-state index contributed by atoms with van der Waals surface area (Å²) >= 11 is 0. The molecule has 4 heteroatoms. The molecule has 122 valence electrons. The van der Waals surface area contributed by atoms with E-state index >= 15 is 0 Å². The van der Waals surface area contributed by atoms with Gasteiger partial charge in [0.25, 0.3) is 0 Å². The summed E-state index contributed by atoms with van der Waals surface area (Å²) in [5.41, 5.74) is 2.82. The van der Waals surface area contributed by atoms with Gasteiger partial charge in [0.1, 0.15) is 0 Å². The number of halogens is 2. The topological polar surface area (TPSA) is 15.3 Å². The van der Waals surface area contributed by atoms with Crippen molar-refractivity contribution >= 4 is 24.8 Å². The van der Waals surface area contributed by atoms with E-state index in [0.29, 0.717) is 5.92 Å². The van der Waals surface area contributed by atoms with Crippen LogP contribution in [0.1, 0.15) is 50.7 Å². The third kappa shape index (κ3) is 6.15. The minimum atomic E-state index is 0. The number of hydrogen-bond donors (Lipinski definition) is 1. The Balaban J connectivity index is 0.00000200. The molecule has 1 atom stereocenters. The lowest BCUT2D eigenvalue weighted by molar-refractivity contribution is 0.260. The first kappa shape index (κ1) is 20.7. The highest BCUT2D eigenvalue weighted by atomic mass is 35.5. The molecule has 0 bridgehead atoms. The first-order chi connectivity index (χ1) is 9.20. The van der Waals surface area contributed by atoms with Crippen LogP contribution in [0.15, 0.2) is 24.3 Å². The van der Waals surface area contributed by atoms with E-state index < -0.39 is 0 Å². The fourth-order valence-corrected chi connectivity index (χ4v) is 2.95. The third-order valence-corrected chi connectivity index (χ3v) is 4.26. The van der Waals surface area contributed by atoms with Gasteiger partial charge < -0.3 is 5.32 Å². The molecule has 0 saturated carbocycles. The maximum Gasteiger partial charge on any atom is 0.0221 e. The van der Waals surface area contributed by atoms with Gasteiger partial charge in [0, 0.05) is 19.1 Å². The Bertz CT molecular complexity index is 379. The minimum Gasteiger partial charge on any atom is -0.311 e. The van der Waals surface area contributed by atoms with Gasteiger partial charge in [0.15, 0.2) is 0 Å². The van der Waals surface area contributed by atoms with Crippen molar-refractivity contribution in [2.75, 3.05) is 19.6 Å². The lowest BCUT2D eigenvalue weighted by atomic mass is 10.0. The van der Waals surface area contributed by atoms with E-state index in [2.05, 4.69) is 55.3 Å². The predicted molar refractivity (Wildman–Crippen MR) is 97.0 cm³/mol. The number of benzene rings is 1. The molecule has 1 aromatic carbocycles. The lowest BCUT2D eigenvalue weighted by Crippen LogP contribution is -2.37. The fourth-order valence-electron chi connectivity index (χ4n) is 2.95. The van der Waals surface area contributed by atoms with Gasteiger partial charge in [-0.05, 0) is 43.0 Å². The zero-order chi connectivity index (χ0) is 13.7. The highest BCUT2D eigenvalue weighted by Crippen LogP contribution is 2.16. The maximum atomic E-state index is 3.61. The van der Waals surface area contributed by atoms with E-state index in [4.69, 9.17) is 0 Å². The molecular formula is C17H30Cl2N2. The number of nitrogens with zero attached hydrogens (tertiary/aromatic N) is 1. The second kappa shape index (κ2) is 10.4. The monoisotopic (exact) mass is 332 g/mol. The summed E-state index contributed by atoms with van der Waals surface area (Å²) in [6, 6.07) is 9.79. The van der Waals surface area contributed by atoms with Crippen molar-refractivity contribution in [3.63, 3.8) is 0 Å². The van der Waals surface area contributed by atoms with Gasteiger partial charge in [0.2, 0.25) is 0 Å². The van der Waals surface area contributed by atoms with Crippen LogP contribution in [0.5, 0.6) is 0 Å². The van der Waals surface area contributed by atoms with Crippen molar-refractivity contribution in [1.29, 1.82) is 0 Å². The van der Waals surface area contributed by atoms with Gasteiger partial charge in [-0.1, -0.05) is 45.0 Å². The molecule has 0 amide bonds. The molecule has 1 heterocycles. The quantitative estimate of drug-likeness (QED) is 0.838. The van der Waals surface area contributed by atoms with Gasteiger partial charge in [-0.3, -0.25) is 4.90 Å². The van der Waals surface area contributed by atoms with Crippen LogP contribution < -0.4 is 5.32 Å². The molecule has 1 saturated heterocycles. The summed E-state index contributed by atoms with van der Waals surface area (Å²) in [4.78, 5) is 2.59. The van der Waals surface area contributed by atoms with E-state index in [-0.39, 0.29) is 24.8 Å². The fraction of sp³-hybridized carbons (Fsp3) is 0.647. The van der Waals surface area contributed by atoms with Crippen LogP contribution >= 0.6 is 24.8 Å². The SMILES string of the molecule is CCN1CCCC1CNCc1ccc(C(C)C)cc1.Cl.Cl. The van der Waals surface area contributed by atoms with E-state index in [1.54, 1.807) is 0 Å². The summed E-state index contributed by atoms with van der Waals surface area (Å²) in [7, 11) is 0. The standard InChI is InChI=1S/C17H28N2.2ClH/c1-4-19-11-5-6-17(19)13-18-12-15-7-9-16(10-8-15)14(2)3;;/h7-10,14,17-18H,4-6,11-13H2,1-3H3;2*1H. The van der Waals surface area contributed by atoms with Crippen LogP contribution in [0, 0.1) is 0 Å². The number of rotatable bonds is 6. The highest BCUT2D eigenvalue weighted by molar-refractivity contribution is 5.85. The number of hydrogen-bond acceptors (Lipinski definition) is 2. The summed E-state index contributed by atoms with van der Waals surface area (Å²) < 4.78 is 0. The number of nitrogens with one attached hydrogen (secondary N) is 1. The Kier molecular flexibility index (Phi) is 10.3. The minimum absolute atomic E-state index is 0. The molecule has 21 heavy (non-hydrogen) atoms. The van der Waals surface area contributed by atoms with E-state index in [1.165, 1.54) is 37.1 Å². The van der Waals surface area contributed by atoms with Crippen LogP contribution in [0.2, 0.25) is 0 Å². The first-order valence-corrected chi connectivity index (χ1v) is 7.74. The molecule has 0 aromatic heterocycles. The molecule has 1 unspecified atom stereocenters. The lowest BCUT2D eigenvalue weighted by Gasteiger charge is -2.23. The molecule has 0 radical (unpaired) electrons. The van der Waals surface area contributed by atoms with Crippen molar-refractivity contribution in [2.45, 2.75) is 52.1 Å². The van der Waals surface area contributed by atoms with Gasteiger partial charge in [-0.15, -0.1) is 24.8 Å². The van der Waals surface area contributed by atoms with Crippen molar-refractivity contribution in [1.82, 2.24) is 10.2 Å². The van der Waals surface area contributed by atoms with E-state index in [9.17, 15) is 0 Å². The molecular weight excluding hydrogens is 303 g/mol. The number of likely N-dealkylation sites (N-methyl/N-ethyl adjacent to an activating group) is 1. The normalized spacial score (nSPS) is 18.4. The summed E-state index contributed by atoms with van der Waals surface area (Å²) in [6.45, 7) is 11.3. The third-order valence-electron chi connectivity index (χ3n) is 4.26. The summed E-state index contributed by atoms with van der Waals surface area (Å²) in [5, 5.41) is 3.61. The predicted octanol–water partition coefficient (Wildman–Crippen LogP) is 4.23. The molecule has 1 aliphatic rings. The number of likely N-dealkylation sites (tertiary alicyclic amines) is 1. The summed E-state index contributed by atoms with van der Waals surface area (Å²) in [6.07, 6.45) is 2.72. The maximum absolute atomic E-state index is 3.61. The zero-order valence-electron chi connectivity index (χ0n) is 13.5. The van der Waals surface area contributed by atoms with E-state index in [1.807, 2.05) is 0 Å². The molecule has 1 aromatic rings. The van der Waals surface area contributed by atoms with Crippen molar-refractivity contribution < 1.29 is 0 Å². The van der Waals surface area contributed by atoms with Crippen LogP contribution in [0.4, 0.5) is 0 Å². The van der Waals surface area contributed by atoms with Crippen molar-refractivity contribution in [3.05, 3.63) is 35.4 Å². The second-order valence-electron chi connectivity index (χ2n) is 5.95. The molecule has 1 N–H and O–H groups in total. The molecule has 2 rings (SSSR count). The van der Waals surface area contributed by atoms with Crippen LogP contribution in [0.3, 0.4) is 0 Å². The Morgan fingerprint density at radius 1 is 1.19 bits per heavy atom. The molecule has 0 aliphatic carbocycles. The zero-order valence-corrected chi connectivity index (χ0v) is 15.1. The van der Waals surface area contributed by atoms with Gasteiger partial charge in [-0.2, -0.15) is 0 Å². The molecule has 0 spiro atoms. The highest BCUT2D eigenvalue weighted by Gasteiger charge is 2.21. The smallest absolute Gasteiger partial charge is 0.0221 e. The van der Waals surface area contributed by atoms with Gasteiger partial charge >= 0.3 is 0 Å². The van der Waals surface area contributed by atoms with Crippen LogP contribution in [-0.2, 0) is 6.54 Å². The Morgan fingerprint density at radius 3 is 2.43 bits per heavy atom. The molecule has 1 fully saturated rings. The van der Waals surface area contributed by atoms with Crippen LogP contribution in [0.25, 0.3) is 0 Å². The molecule has 1 aliphatic heterocycles. The van der Waals surface area contributed by atoms with E-state index in [0.717, 1.165) is 19.1 Å². The van der Waals surface area contributed by atoms with Crippen LogP contribution in [-0.4, -0.2) is 30.6 Å². The Labute approximate surface area is 142 Å². The average Bonchev–Trinajstić information content (AvgIpc) is 2.87. The second-order valence-corrected chi connectivity index (χ2v) is 5.95. The Morgan fingerprint density at radius 2 is 1.86 bits per heavy atom. The van der Waals surface area contributed by atoms with Gasteiger partial charge in [0.05, 0.1) is 0 Å².